The van der Waals surface area contributed by atoms with Crippen molar-refractivity contribution in [2.75, 3.05) is 5.32 Å². The topological polar surface area (TPSA) is 98.6 Å². The fourth-order valence-corrected chi connectivity index (χ4v) is 2.93. The summed E-state index contributed by atoms with van der Waals surface area (Å²) in [5.74, 6) is -0.232. The van der Waals surface area contributed by atoms with Gasteiger partial charge >= 0.3 is 0 Å². The van der Waals surface area contributed by atoms with Crippen LogP contribution in [0.25, 0.3) is 0 Å². The summed E-state index contributed by atoms with van der Waals surface area (Å²) in [5.41, 5.74) is 1.24. The normalized spacial score (nSPS) is 11.5. The largest absolute Gasteiger partial charge is 0.324 e. The van der Waals surface area contributed by atoms with E-state index in [9.17, 15) is 9.59 Å². The zero-order chi connectivity index (χ0) is 16.8. The Hall–Kier alpha value is -2.59. The molecule has 0 aliphatic rings. The minimum absolute atomic E-state index is 0.232. The highest BCUT2D eigenvalue weighted by molar-refractivity contribution is 8.00. The molecule has 0 fully saturated rings. The number of para-hydroxylation sites is 1. The third-order valence-electron chi connectivity index (χ3n) is 3.07. The van der Waals surface area contributed by atoms with Crippen molar-refractivity contribution in [2.24, 2.45) is 0 Å². The SMILES string of the molecule is CC[C@@H](Sc1nc(C)cc(=O)[nH]1)C(=O)Nc1ccccc1C#N. The molecule has 0 saturated heterocycles. The summed E-state index contributed by atoms with van der Waals surface area (Å²) >= 11 is 1.20. The number of rotatable bonds is 5. The van der Waals surface area contributed by atoms with Crippen LogP contribution in [0.3, 0.4) is 0 Å². The van der Waals surface area contributed by atoms with Gasteiger partial charge in [0, 0.05) is 11.8 Å². The summed E-state index contributed by atoms with van der Waals surface area (Å²) in [7, 11) is 0. The van der Waals surface area contributed by atoms with Crippen molar-refractivity contribution in [2.45, 2.75) is 30.7 Å². The van der Waals surface area contributed by atoms with Crippen molar-refractivity contribution in [3.63, 3.8) is 0 Å². The van der Waals surface area contributed by atoms with Crippen molar-refractivity contribution in [1.29, 1.82) is 5.26 Å². The molecule has 0 aliphatic heterocycles. The van der Waals surface area contributed by atoms with Gasteiger partial charge in [0.05, 0.1) is 16.5 Å². The van der Waals surface area contributed by atoms with E-state index in [4.69, 9.17) is 5.26 Å². The molecule has 1 amide bonds. The van der Waals surface area contributed by atoms with E-state index in [0.717, 1.165) is 0 Å². The monoisotopic (exact) mass is 328 g/mol. The molecule has 2 aromatic rings. The highest BCUT2D eigenvalue weighted by atomic mass is 32.2. The average Bonchev–Trinajstić information content (AvgIpc) is 2.52. The van der Waals surface area contributed by atoms with Gasteiger partial charge in [0.25, 0.3) is 5.56 Å². The van der Waals surface area contributed by atoms with Gasteiger partial charge in [0.2, 0.25) is 5.91 Å². The van der Waals surface area contributed by atoms with E-state index < -0.39 is 5.25 Å². The lowest BCUT2D eigenvalue weighted by molar-refractivity contribution is -0.115. The number of nitriles is 1. The number of anilines is 1. The summed E-state index contributed by atoms with van der Waals surface area (Å²) < 4.78 is 0. The molecule has 1 atom stereocenters. The van der Waals surface area contributed by atoms with E-state index in [1.54, 1.807) is 31.2 Å². The van der Waals surface area contributed by atoms with Crippen molar-refractivity contribution in [3.8, 4) is 6.07 Å². The van der Waals surface area contributed by atoms with Crippen LogP contribution in [0.4, 0.5) is 5.69 Å². The molecule has 1 heterocycles. The number of aromatic nitrogens is 2. The van der Waals surface area contributed by atoms with E-state index in [1.807, 2.05) is 13.0 Å². The van der Waals surface area contributed by atoms with Gasteiger partial charge in [-0.25, -0.2) is 4.98 Å². The zero-order valence-corrected chi connectivity index (χ0v) is 13.6. The number of thioether (sulfide) groups is 1. The fourth-order valence-electron chi connectivity index (χ4n) is 1.97. The first-order chi connectivity index (χ1) is 11.0. The summed E-state index contributed by atoms with van der Waals surface area (Å²) in [6, 6.07) is 10.3. The minimum Gasteiger partial charge on any atom is -0.324 e. The number of hydrogen-bond acceptors (Lipinski definition) is 5. The van der Waals surface area contributed by atoms with Crippen LogP contribution in [-0.4, -0.2) is 21.1 Å². The van der Waals surface area contributed by atoms with E-state index in [2.05, 4.69) is 15.3 Å². The standard InChI is InChI=1S/C16H16N4O2S/c1-3-13(23-16-18-10(2)8-14(21)20-16)15(22)19-12-7-5-4-6-11(12)9-17/h4-8,13H,3H2,1-2H3,(H,19,22)(H,18,20,21)/t13-/m1/s1. The maximum atomic E-state index is 12.4. The van der Waals surface area contributed by atoms with Crippen LogP contribution < -0.4 is 10.9 Å². The minimum atomic E-state index is -0.424. The van der Waals surface area contributed by atoms with E-state index in [0.29, 0.717) is 28.5 Å². The maximum Gasteiger partial charge on any atom is 0.251 e. The molecule has 2 N–H and O–H groups in total. The Morgan fingerprint density at radius 2 is 2.22 bits per heavy atom. The molecule has 0 aliphatic carbocycles. The molecule has 0 spiro atoms. The number of carbonyl (C=O) groups excluding carboxylic acids is 1. The zero-order valence-electron chi connectivity index (χ0n) is 12.8. The number of hydrogen-bond donors (Lipinski definition) is 2. The highest BCUT2D eigenvalue weighted by Gasteiger charge is 2.20. The molecule has 23 heavy (non-hydrogen) atoms. The fraction of sp³-hybridized carbons (Fsp3) is 0.250. The van der Waals surface area contributed by atoms with Gasteiger partial charge in [0.1, 0.15) is 6.07 Å². The number of nitrogens with one attached hydrogen (secondary N) is 2. The summed E-state index contributed by atoms with van der Waals surface area (Å²) in [6.07, 6.45) is 0.558. The van der Waals surface area contributed by atoms with Crippen molar-refractivity contribution in [1.82, 2.24) is 9.97 Å². The summed E-state index contributed by atoms with van der Waals surface area (Å²) in [5, 5.41) is 11.8. The van der Waals surface area contributed by atoms with Crippen LogP contribution >= 0.6 is 11.8 Å². The second kappa shape index (κ2) is 7.61. The van der Waals surface area contributed by atoms with Gasteiger partial charge < -0.3 is 10.3 Å². The van der Waals surface area contributed by atoms with Crippen LogP contribution in [0.1, 0.15) is 24.6 Å². The van der Waals surface area contributed by atoms with Gasteiger partial charge in [-0.3, -0.25) is 9.59 Å². The Morgan fingerprint density at radius 1 is 1.48 bits per heavy atom. The van der Waals surface area contributed by atoms with Gasteiger partial charge in [-0.2, -0.15) is 5.26 Å². The second-order valence-corrected chi connectivity index (χ2v) is 6.04. The number of nitrogens with zero attached hydrogens (tertiary/aromatic N) is 2. The van der Waals surface area contributed by atoms with Crippen LogP contribution in [0, 0.1) is 18.3 Å². The Morgan fingerprint density at radius 3 is 2.87 bits per heavy atom. The van der Waals surface area contributed by atoms with Gasteiger partial charge in [-0.05, 0) is 25.5 Å². The third kappa shape index (κ3) is 4.44. The van der Waals surface area contributed by atoms with E-state index in [1.165, 1.54) is 17.8 Å². The van der Waals surface area contributed by atoms with E-state index in [-0.39, 0.29) is 11.5 Å². The molecule has 6 nitrogen and oxygen atoms in total. The van der Waals surface area contributed by atoms with Crippen LogP contribution in [0.15, 0.2) is 40.3 Å². The molecular formula is C16H16N4O2S. The predicted octanol–water partition coefficient (Wildman–Crippen LogP) is 2.46. The lowest BCUT2D eigenvalue weighted by Gasteiger charge is -2.14. The molecular weight excluding hydrogens is 312 g/mol. The smallest absolute Gasteiger partial charge is 0.251 e. The Kier molecular flexibility index (Phi) is 5.55. The molecule has 1 aromatic heterocycles. The number of aryl methyl sites for hydroxylation is 1. The molecule has 0 radical (unpaired) electrons. The maximum absolute atomic E-state index is 12.4. The molecule has 1 aromatic carbocycles. The quantitative estimate of drug-likeness (QED) is 0.649. The molecule has 0 saturated carbocycles. The number of benzene rings is 1. The summed E-state index contributed by atoms with van der Waals surface area (Å²) in [4.78, 5) is 30.7. The lowest BCUT2D eigenvalue weighted by Crippen LogP contribution is -2.25. The molecule has 0 unspecified atom stereocenters. The number of H-pyrrole nitrogens is 1. The van der Waals surface area contributed by atoms with Crippen LogP contribution in [-0.2, 0) is 4.79 Å². The Bertz CT molecular complexity index is 810. The van der Waals surface area contributed by atoms with Gasteiger partial charge in [-0.15, -0.1) is 0 Å². The number of aromatic amines is 1. The van der Waals surface area contributed by atoms with Crippen LogP contribution in [0.5, 0.6) is 0 Å². The average molecular weight is 328 g/mol. The Labute approximate surface area is 138 Å². The van der Waals surface area contributed by atoms with E-state index >= 15 is 0 Å². The first kappa shape index (κ1) is 16.8. The molecule has 2 rings (SSSR count). The van der Waals surface area contributed by atoms with Crippen LogP contribution in [0.2, 0.25) is 0 Å². The first-order valence-electron chi connectivity index (χ1n) is 7.08. The van der Waals surface area contributed by atoms with Crippen molar-refractivity contribution < 1.29 is 4.79 Å². The predicted molar refractivity (Wildman–Crippen MR) is 89.3 cm³/mol. The number of carbonyl (C=O) groups is 1. The molecule has 118 valence electrons. The molecule has 7 heteroatoms. The number of amides is 1. The highest BCUT2D eigenvalue weighted by Crippen LogP contribution is 2.23. The Balaban J connectivity index is 2.15. The van der Waals surface area contributed by atoms with Crippen molar-refractivity contribution in [3.05, 3.63) is 51.9 Å². The third-order valence-corrected chi connectivity index (χ3v) is 4.32. The van der Waals surface area contributed by atoms with Gasteiger partial charge in [-0.1, -0.05) is 30.8 Å². The first-order valence-corrected chi connectivity index (χ1v) is 7.96. The second-order valence-electron chi connectivity index (χ2n) is 4.85. The van der Waals surface area contributed by atoms with Crippen molar-refractivity contribution >= 4 is 23.4 Å². The molecule has 0 bridgehead atoms. The lowest BCUT2D eigenvalue weighted by atomic mass is 10.2. The summed E-state index contributed by atoms with van der Waals surface area (Å²) in [6.45, 7) is 3.60. The van der Waals surface area contributed by atoms with Gasteiger partial charge in [0.15, 0.2) is 5.16 Å².